The number of ketones is 1. The van der Waals surface area contributed by atoms with Crippen molar-refractivity contribution in [2.45, 2.75) is 19.4 Å². The molecule has 2 aromatic rings. The van der Waals surface area contributed by atoms with E-state index in [1.165, 1.54) is 0 Å². The smallest absolute Gasteiger partial charge is 0.170 e. The van der Waals surface area contributed by atoms with Crippen LogP contribution in [0, 0.1) is 6.92 Å². The Morgan fingerprint density at radius 1 is 1.24 bits per heavy atom. The van der Waals surface area contributed by atoms with Crippen LogP contribution in [0.3, 0.4) is 0 Å². The minimum absolute atomic E-state index is 0.0643. The molecular weight excluding hydrogens is 268 g/mol. The number of hydrogen-bond donors (Lipinski definition) is 1. The fraction of sp³-hybridized carbons (Fsp3) is 0.235. The molecule has 4 nitrogen and oxygen atoms in total. The van der Waals surface area contributed by atoms with Gasteiger partial charge >= 0.3 is 0 Å². The van der Waals surface area contributed by atoms with Gasteiger partial charge in [-0.2, -0.15) is 0 Å². The van der Waals surface area contributed by atoms with Crippen molar-refractivity contribution in [3.63, 3.8) is 0 Å². The zero-order chi connectivity index (χ0) is 15.0. The lowest BCUT2D eigenvalue weighted by Crippen LogP contribution is -2.21. The maximum atomic E-state index is 12.4. The van der Waals surface area contributed by atoms with Gasteiger partial charge in [0.15, 0.2) is 5.78 Å². The Hall–Kier alpha value is -2.49. The molecule has 1 aliphatic heterocycles. The summed E-state index contributed by atoms with van der Waals surface area (Å²) in [6.45, 7) is 1.88. The average molecular weight is 284 g/mol. The van der Waals surface area contributed by atoms with Crippen molar-refractivity contribution in [1.82, 2.24) is 0 Å². The quantitative estimate of drug-likeness (QED) is 0.918. The van der Waals surface area contributed by atoms with Crippen molar-refractivity contribution in [1.29, 1.82) is 0 Å². The number of rotatable bonds is 2. The largest absolute Gasteiger partial charge is 0.508 e. The maximum absolute atomic E-state index is 12.4. The highest BCUT2D eigenvalue weighted by Crippen LogP contribution is 2.39. The van der Waals surface area contributed by atoms with E-state index in [2.05, 4.69) is 0 Å². The molecule has 1 aliphatic rings. The minimum Gasteiger partial charge on any atom is -0.508 e. The standard InChI is InChI=1S/C17H16O4/c1-10-7-13(20-2)8-16-17(10)14(19)9-15(21-16)11-3-5-12(18)6-4-11/h3-8,15,18H,9H2,1-2H3/t15-/m1/s1. The molecule has 108 valence electrons. The number of carbonyl (C=O) groups is 1. The molecule has 3 rings (SSSR count). The lowest BCUT2D eigenvalue weighted by atomic mass is 9.93. The minimum atomic E-state index is -0.336. The van der Waals surface area contributed by atoms with Crippen LogP contribution in [0.15, 0.2) is 36.4 Å². The highest BCUT2D eigenvalue weighted by molar-refractivity contribution is 6.01. The first kappa shape index (κ1) is 13.5. The van der Waals surface area contributed by atoms with E-state index in [4.69, 9.17) is 9.47 Å². The van der Waals surface area contributed by atoms with Gasteiger partial charge in [0, 0.05) is 6.07 Å². The summed E-state index contributed by atoms with van der Waals surface area (Å²) in [5.41, 5.74) is 2.36. The van der Waals surface area contributed by atoms with Gasteiger partial charge in [-0.15, -0.1) is 0 Å². The second kappa shape index (κ2) is 5.13. The molecule has 1 heterocycles. The molecule has 4 heteroatoms. The van der Waals surface area contributed by atoms with Crippen LogP contribution < -0.4 is 9.47 Å². The summed E-state index contributed by atoms with van der Waals surface area (Å²) in [7, 11) is 1.59. The van der Waals surface area contributed by atoms with Crippen LogP contribution in [-0.4, -0.2) is 18.0 Å². The van der Waals surface area contributed by atoms with Gasteiger partial charge in [0.1, 0.15) is 23.4 Å². The number of phenolic OH excluding ortho intramolecular Hbond substituents is 1. The molecule has 0 spiro atoms. The van der Waals surface area contributed by atoms with Crippen molar-refractivity contribution >= 4 is 5.78 Å². The third-order valence-corrected chi connectivity index (χ3v) is 3.69. The van der Waals surface area contributed by atoms with Crippen molar-refractivity contribution in [3.8, 4) is 17.2 Å². The van der Waals surface area contributed by atoms with Crippen LogP contribution in [0.25, 0.3) is 0 Å². The van der Waals surface area contributed by atoms with Crippen molar-refractivity contribution in [2.75, 3.05) is 7.11 Å². The van der Waals surface area contributed by atoms with Gasteiger partial charge in [0.2, 0.25) is 0 Å². The average Bonchev–Trinajstić information content (AvgIpc) is 2.46. The van der Waals surface area contributed by atoms with E-state index >= 15 is 0 Å². The lowest BCUT2D eigenvalue weighted by molar-refractivity contribution is 0.0848. The number of aromatic hydroxyl groups is 1. The van der Waals surface area contributed by atoms with Crippen LogP contribution in [-0.2, 0) is 0 Å². The highest BCUT2D eigenvalue weighted by Gasteiger charge is 2.29. The van der Waals surface area contributed by atoms with Gasteiger partial charge < -0.3 is 14.6 Å². The summed E-state index contributed by atoms with van der Waals surface area (Å²) in [5.74, 6) is 1.49. The molecule has 0 radical (unpaired) electrons. The van der Waals surface area contributed by atoms with Gasteiger partial charge in [0.25, 0.3) is 0 Å². The molecule has 0 bridgehead atoms. The predicted molar refractivity (Wildman–Crippen MR) is 78.2 cm³/mol. The van der Waals surface area contributed by atoms with Gasteiger partial charge in [-0.05, 0) is 36.2 Å². The first-order chi connectivity index (χ1) is 10.1. The Morgan fingerprint density at radius 2 is 1.95 bits per heavy atom. The second-order valence-corrected chi connectivity index (χ2v) is 5.14. The van der Waals surface area contributed by atoms with E-state index in [0.717, 1.165) is 11.1 Å². The van der Waals surface area contributed by atoms with Crippen molar-refractivity contribution < 1.29 is 19.4 Å². The van der Waals surface area contributed by atoms with Crippen LogP contribution in [0.2, 0.25) is 0 Å². The molecule has 1 atom stereocenters. The third kappa shape index (κ3) is 2.44. The number of phenols is 1. The number of carbonyl (C=O) groups excluding carboxylic acids is 1. The fourth-order valence-electron chi connectivity index (χ4n) is 2.63. The van der Waals surface area contributed by atoms with Crippen molar-refractivity contribution in [3.05, 3.63) is 53.1 Å². The number of methoxy groups -OCH3 is 1. The summed E-state index contributed by atoms with van der Waals surface area (Å²) >= 11 is 0. The normalized spacial score (nSPS) is 17.0. The Labute approximate surface area is 122 Å². The molecule has 0 aliphatic carbocycles. The summed E-state index contributed by atoms with van der Waals surface area (Å²) in [6.07, 6.45) is -0.0394. The zero-order valence-electron chi connectivity index (χ0n) is 11.9. The SMILES string of the molecule is COc1cc(C)c2c(c1)O[C@@H](c1ccc(O)cc1)CC2=O. The van der Waals surface area contributed by atoms with Gasteiger partial charge in [-0.1, -0.05) is 12.1 Å². The molecule has 21 heavy (non-hydrogen) atoms. The Balaban J connectivity index is 1.99. The highest BCUT2D eigenvalue weighted by atomic mass is 16.5. The van der Waals surface area contributed by atoms with Crippen LogP contribution in [0.4, 0.5) is 0 Å². The Morgan fingerprint density at radius 3 is 2.62 bits per heavy atom. The van der Waals surface area contributed by atoms with E-state index in [-0.39, 0.29) is 17.6 Å². The number of benzene rings is 2. The number of ether oxygens (including phenoxy) is 2. The Bertz CT molecular complexity index is 689. The first-order valence-electron chi connectivity index (χ1n) is 6.76. The summed E-state index contributed by atoms with van der Waals surface area (Å²) in [6, 6.07) is 10.3. The Kier molecular flexibility index (Phi) is 3.29. The molecule has 0 saturated carbocycles. The first-order valence-corrected chi connectivity index (χ1v) is 6.76. The lowest BCUT2D eigenvalue weighted by Gasteiger charge is -2.27. The fourth-order valence-corrected chi connectivity index (χ4v) is 2.63. The molecule has 0 fully saturated rings. The number of hydrogen-bond acceptors (Lipinski definition) is 4. The molecule has 0 unspecified atom stereocenters. The summed E-state index contributed by atoms with van der Waals surface area (Å²) in [5, 5.41) is 9.35. The predicted octanol–water partition coefficient (Wildman–Crippen LogP) is 3.42. The van der Waals surface area contributed by atoms with Crippen LogP contribution in [0.1, 0.15) is 34.0 Å². The second-order valence-electron chi connectivity index (χ2n) is 5.14. The van der Waals surface area contributed by atoms with Crippen LogP contribution in [0.5, 0.6) is 17.2 Å². The summed E-state index contributed by atoms with van der Waals surface area (Å²) in [4.78, 5) is 12.4. The number of fused-ring (bicyclic) bond motifs is 1. The molecular formula is C17H16O4. The molecule has 0 saturated heterocycles. The number of Topliss-reactive ketones (excluding diaryl/α,β-unsaturated/α-hetero) is 1. The van der Waals surface area contributed by atoms with E-state index in [9.17, 15) is 9.90 Å². The van der Waals surface area contributed by atoms with E-state index in [1.807, 2.05) is 13.0 Å². The van der Waals surface area contributed by atoms with E-state index in [1.54, 1.807) is 37.4 Å². The zero-order valence-corrected chi connectivity index (χ0v) is 11.9. The molecule has 0 amide bonds. The summed E-state index contributed by atoms with van der Waals surface area (Å²) < 4.78 is 11.2. The van der Waals surface area contributed by atoms with Crippen molar-refractivity contribution in [2.24, 2.45) is 0 Å². The third-order valence-electron chi connectivity index (χ3n) is 3.69. The molecule has 2 aromatic carbocycles. The van der Waals surface area contributed by atoms with Crippen LogP contribution >= 0.6 is 0 Å². The number of aryl methyl sites for hydroxylation is 1. The monoisotopic (exact) mass is 284 g/mol. The van der Waals surface area contributed by atoms with Gasteiger partial charge in [-0.3, -0.25) is 4.79 Å². The maximum Gasteiger partial charge on any atom is 0.170 e. The molecule has 0 aromatic heterocycles. The molecule has 1 N–H and O–H groups in total. The van der Waals surface area contributed by atoms with E-state index < -0.39 is 0 Å². The van der Waals surface area contributed by atoms with Gasteiger partial charge in [0.05, 0.1) is 19.1 Å². The van der Waals surface area contributed by atoms with Gasteiger partial charge in [-0.25, -0.2) is 0 Å². The van der Waals surface area contributed by atoms with E-state index in [0.29, 0.717) is 23.5 Å². The topological polar surface area (TPSA) is 55.8 Å².